The number of rotatable bonds is 3. The summed E-state index contributed by atoms with van der Waals surface area (Å²) in [6, 6.07) is 3.10. The van der Waals surface area contributed by atoms with E-state index >= 15 is 0 Å². The normalized spacial score (nSPS) is 15.9. The minimum atomic E-state index is -3.58. The van der Waals surface area contributed by atoms with Crippen molar-refractivity contribution in [3.63, 3.8) is 0 Å². The fourth-order valence-electron chi connectivity index (χ4n) is 3.52. The van der Waals surface area contributed by atoms with E-state index in [4.69, 9.17) is 11.6 Å². The van der Waals surface area contributed by atoms with Crippen molar-refractivity contribution in [2.45, 2.75) is 25.0 Å². The smallest absolute Gasteiger partial charge is 0.264 e. The lowest BCUT2D eigenvalue weighted by Gasteiger charge is -2.33. The number of carbonyl (C=O) groups is 1. The Labute approximate surface area is 182 Å². The van der Waals surface area contributed by atoms with Gasteiger partial charge in [0.2, 0.25) is 0 Å². The number of thiophene rings is 2. The van der Waals surface area contributed by atoms with Gasteiger partial charge in [-0.15, -0.1) is 22.7 Å². The molecule has 4 heterocycles. The number of amides is 1. The van der Waals surface area contributed by atoms with Gasteiger partial charge in [0.25, 0.3) is 15.9 Å². The molecule has 0 radical (unpaired) electrons. The number of sulfonamides is 1. The molecule has 11 heteroatoms. The van der Waals surface area contributed by atoms with E-state index in [1.165, 1.54) is 21.7 Å². The molecule has 1 amide bonds. The van der Waals surface area contributed by atoms with E-state index in [1.54, 1.807) is 11.0 Å². The number of aryl methyl sites for hydroxylation is 3. The number of carbonyl (C=O) groups excluding carboxylic acids is 1. The van der Waals surface area contributed by atoms with Crippen molar-refractivity contribution >= 4 is 60.4 Å². The van der Waals surface area contributed by atoms with Crippen molar-refractivity contribution in [2.24, 2.45) is 0 Å². The standard InChI is InChI=1S/C18H19ClN4O3S3/c1-10-15-11(2)20-12(3)21-17(15)28-16(10)18(24)22-6-8-23(9-7-22)29(25,26)14-5-4-13(19)27-14/h4-5H,6-9H2,1-3H3. The molecular formula is C18H19ClN4O3S3. The second kappa shape index (κ2) is 7.59. The Morgan fingerprint density at radius 1 is 1.07 bits per heavy atom. The molecule has 7 nitrogen and oxygen atoms in total. The zero-order valence-corrected chi connectivity index (χ0v) is 19.3. The van der Waals surface area contributed by atoms with Gasteiger partial charge in [-0.1, -0.05) is 11.6 Å². The maximum Gasteiger partial charge on any atom is 0.264 e. The van der Waals surface area contributed by atoms with Gasteiger partial charge in [-0.2, -0.15) is 4.31 Å². The number of nitrogens with zero attached hydrogens (tertiary/aromatic N) is 4. The van der Waals surface area contributed by atoms with Gasteiger partial charge in [0.15, 0.2) is 0 Å². The first kappa shape index (κ1) is 20.7. The summed E-state index contributed by atoms with van der Waals surface area (Å²) < 4.78 is 27.6. The van der Waals surface area contributed by atoms with Gasteiger partial charge in [0.05, 0.1) is 9.21 Å². The third-order valence-electron chi connectivity index (χ3n) is 4.95. The van der Waals surface area contributed by atoms with Crippen LogP contribution in [0.1, 0.15) is 26.8 Å². The first-order valence-electron chi connectivity index (χ1n) is 8.97. The highest BCUT2D eigenvalue weighted by atomic mass is 35.5. The molecule has 0 saturated carbocycles. The van der Waals surface area contributed by atoms with E-state index < -0.39 is 10.0 Å². The summed E-state index contributed by atoms with van der Waals surface area (Å²) in [4.78, 5) is 25.2. The van der Waals surface area contributed by atoms with Crippen LogP contribution in [0.25, 0.3) is 10.2 Å². The van der Waals surface area contributed by atoms with Crippen LogP contribution < -0.4 is 0 Å². The van der Waals surface area contributed by atoms with E-state index in [-0.39, 0.29) is 23.2 Å². The Bertz CT molecular complexity index is 1210. The molecule has 3 aromatic heterocycles. The molecule has 29 heavy (non-hydrogen) atoms. The topological polar surface area (TPSA) is 83.5 Å². The second-order valence-corrected chi connectivity index (χ2v) is 11.7. The molecule has 1 saturated heterocycles. The molecule has 4 rings (SSSR count). The zero-order chi connectivity index (χ0) is 20.9. The van der Waals surface area contributed by atoms with Gasteiger partial charge in [-0.25, -0.2) is 18.4 Å². The van der Waals surface area contributed by atoms with Gasteiger partial charge in [-0.3, -0.25) is 4.79 Å². The summed E-state index contributed by atoms with van der Waals surface area (Å²) >= 11 is 8.30. The second-order valence-electron chi connectivity index (χ2n) is 6.85. The van der Waals surface area contributed by atoms with Crippen LogP contribution in [0.3, 0.4) is 0 Å². The predicted molar refractivity (Wildman–Crippen MR) is 116 cm³/mol. The molecule has 154 valence electrons. The van der Waals surface area contributed by atoms with Crippen molar-refractivity contribution in [3.8, 4) is 0 Å². The fraction of sp³-hybridized carbons (Fsp3) is 0.389. The van der Waals surface area contributed by atoms with Gasteiger partial charge >= 0.3 is 0 Å². The van der Waals surface area contributed by atoms with Crippen LogP contribution in [0, 0.1) is 20.8 Å². The molecule has 1 aliphatic heterocycles. The van der Waals surface area contributed by atoms with Crippen LogP contribution >= 0.6 is 34.3 Å². The van der Waals surface area contributed by atoms with Crippen molar-refractivity contribution in [3.05, 3.63) is 38.4 Å². The third kappa shape index (κ3) is 3.68. The van der Waals surface area contributed by atoms with E-state index in [2.05, 4.69) is 9.97 Å². The summed E-state index contributed by atoms with van der Waals surface area (Å²) in [7, 11) is -3.58. The molecular weight excluding hydrogens is 452 g/mol. The monoisotopic (exact) mass is 470 g/mol. The third-order valence-corrected chi connectivity index (χ3v) is 9.72. The molecule has 1 fully saturated rings. The Kier molecular flexibility index (Phi) is 5.41. The summed E-state index contributed by atoms with van der Waals surface area (Å²) in [6.45, 7) is 6.87. The average Bonchev–Trinajstić information content (AvgIpc) is 3.25. The van der Waals surface area contributed by atoms with Crippen molar-refractivity contribution in [1.29, 1.82) is 0 Å². The van der Waals surface area contributed by atoms with E-state index in [9.17, 15) is 13.2 Å². The Hall–Kier alpha value is -1.59. The number of piperazine rings is 1. The molecule has 3 aromatic rings. The molecule has 0 atom stereocenters. The maximum atomic E-state index is 13.1. The highest BCUT2D eigenvalue weighted by Gasteiger charge is 2.32. The molecule has 0 aliphatic carbocycles. The molecule has 0 N–H and O–H groups in total. The largest absolute Gasteiger partial charge is 0.335 e. The minimum absolute atomic E-state index is 0.0845. The van der Waals surface area contributed by atoms with Gasteiger partial charge in [0.1, 0.15) is 14.9 Å². The lowest BCUT2D eigenvalue weighted by molar-refractivity contribution is 0.0702. The maximum absolute atomic E-state index is 13.1. The Balaban J connectivity index is 1.53. The predicted octanol–water partition coefficient (Wildman–Crippen LogP) is 3.48. The number of hydrogen-bond acceptors (Lipinski definition) is 7. The highest BCUT2D eigenvalue weighted by molar-refractivity contribution is 7.91. The minimum Gasteiger partial charge on any atom is -0.335 e. The molecule has 1 aliphatic rings. The fourth-order valence-corrected chi connectivity index (χ4v) is 7.82. The molecule has 0 unspecified atom stereocenters. The van der Waals surface area contributed by atoms with E-state index in [1.807, 2.05) is 20.8 Å². The summed E-state index contributed by atoms with van der Waals surface area (Å²) in [5.74, 6) is 0.599. The number of halogens is 1. The first-order chi connectivity index (χ1) is 13.7. The Morgan fingerprint density at radius 2 is 1.76 bits per heavy atom. The van der Waals surface area contributed by atoms with Gasteiger partial charge in [-0.05, 0) is 38.5 Å². The Morgan fingerprint density at radius 3 is 2.38 bits per heavy atom. The van der Waals surface area contributed by atoms with Gasteiger partial charge < -0.3 is 4.90 Å². The number of aromatic nitrogens is 2. The summed E-state index contributed by atoms with van der Waals surface area (Å²) in [5, 5.41) is 0.930. The van der Waals surface area contributed by atoms with E-state index in [0.29, 0.717) is 28.1 Å². The molecule has 0 aromatic carbocycles. The first-order valence-corrected chi connectivity index (χ1v) is 12.4. The lowest BCUT2D eigenvalue weighted by atomic mass is 10.1. The molecule has 0 spiro atoms. The van der Waals surface area contributed by atoms with Crippen molar-refractivity contribution in [2.75, 3.05) is 26.2 Å². The number of fused-ring (bicyclic) bond motifs is 1. The lowest BCUT2D eigenvalue weighted by Crippen LogP contribution is -2.50. The van der Waals surface area contributed by atoms with Crippen LogP contribution in [-0.2, 0) is 10.0 Å². The average molecular weight is 471 g/mol. The van der Waals surface area contributed by atoms with Crippen LogP contribution in [0.5, 0.6) is 0 Å². The highest BCUT2D eigenvalue weighted by Crippen LogP contribution is 2.33. The van der Waals surface area contributed by atoms with Gasteiger partial charge in [0, 0.05) is 37.3 Å². The van der Waals surface area contributed by atoms with Crippen LogP contribution in [0.4, 0.5) is 0 Å². The summed E-state index contributed by atoms with van der Waals surface area (Å²) in [5.41, 5.74) is 1.75. The van der Waals surface area contributed by atoms with Crippen LogP contribution in [0.15, 0.2) is 16.3 Å². The number of hydrogen-bond donors (Lipinski definition) is 0. The van der Waals surface area contributed by atoms with Crippen LogP contribution in [0.2, 0.25) is 4.34 Å². The van der Waals surface area contributed by atoms with Crippen LogP contribution in [-0.4, -0.2) is 59.7 Å². The zero-order valence-electron chi connectivity index (χ0n) is 16.1. The van der Waals surface area contributed by atoms with Crippen molar-refractivity contribution in [1.82, 2.24) is 19.2 Å². The van der Waals surface area contributed by atoms with Crippen molar-refractivity contribution < 1.29 is 13.2 Å². The quantitative estimate of drug-likeness (QED) is 0.585. The SMILES string of the molecule is Cc1nc(C)c2c(C)c(C(=O)N3CCN(S(=O)(=O)c4ccc(Cl)s4)CC3)sc2n1. The summed E-state index contributed by atoms with van der Waals surface area (Å²) in [6.07, 6.45) is 0. The van der Waals surface area contributed by atoms with E-state index in [0.717, 1.165) is 32.8 Å². The molecule has 0 bridgehead atoms.